The first kappa shape index (κ1) is 18.9. The normalized spacial score (nSPS) is 20.8. The van der Waals surface area contributed by atoms with Crippen molar-refractivity contribution in [2.24, 2.45) is 5.73 Å². The second kappa shape index (κ2) is 8.08. The van der Waals surface area contributed by atoms with Gasteiger partial charge in [0.05, 0.1) is 12.4 Å². The van der Waals surface area contributed by atoms with Gasteiger partial charge in [0, 0.05) is 24.9 Å². The van der Waals surface area contributed by atoms with Crippen molar-refractivity contribution in [3.8, 4) is 0 Å². The fourth-order valence-electron chi connectivity index (χ4n) is 2.79. The second-order valence-electron chi connectivity index (χ2n) is 6.14. The van der Waals surface area contributed by atoms with Crippen molar-refractivity contribution in [1.29, 1.82) is 0 Å². The number of H-pyrrole nitrogens is 1. The van der Waals surface area contributed by atoms with E-state index in [1.165, 1.54) is 24.3 Å². The Morgan fingerprint density at radius 1 is 1.52 bits per heavy atom. The number of imidazole rings is 1. The Balaban J connectivity index is 2.17. The average molecular weight is 353 g/mol. The van der Waals surface area contributed by atoms with Crippen molar-refractivity contribution in [3.63, 3.8) is 0 Å². The lowest BCUT2D eigenvalue weighted by atomic mass is 10.1. The SMILES string of the molecule is CC(O)C(N)C(=O)NC(Cc1cnc[nH]1)C(=O)N1CCCC1C(=O)O. The Labute approximate surface area is 144 Å². The molecule has 1 aliphatic heterocycles. The first-order valence-corrected chi connectivity index (χ1v) is 8.05. The van der Waals surface area contributed by atoms with Crippen LogP contribution in [0.5, 0.6) is 0 Å². The van der Waals surface area contributed by atoms with E-state index >= 15 is 0 Å². The highest BCUT2D eigenvalue weighted by Crippen LogP contribution is 2.19. The van der Waals surface area contributed by atoms with Gasteiger partial charge in [0.15, 0.2) is 0 Å². The first-order valence-electron chi connectivity index (χ1n) is 8.05. The van der Waals surface area contributed by atoms with Crippen LogP contribution in [-0.2, 0) is 20.8 Å². The third kappa shape index (κ3) is 4.54. The van der Waals surface area contributed by atoms with Gasteiger partial charge in [0.25, 0.3) is 0 Å². The lowest BCUT2D eigenvalue weighted by molar-refractivity contribution is -0.149. The second-order valence-corrected chi connectivity index (χ2v) is 6.14. The van der Waals surface area contributed by atoms with Crippen molar-refractivity contribution in [2.75, 3.05) is 6.54 Å². The highest BCUT2D eigenvalue weighted by molar-refractivity contribution is 5.92. The summed E-state index contributed by atoms with van der Waals surface area (Å²) in [5, 5.41) is 21.2. The Morgan fingerprint density at radius 3 is 2.80 bits per heavy atom. The van der Waals surface area contributed by atoms with Crippen molar-refractivity contribution in [1.82, 2.24) is 20.2 Å². The molecule has 0 aliphatic carbocycles. The van der Waals surface area contributed by atoms with Crippen LogP contribution in [0.4, 0.5) is 0 Å². The predicted octanol–water partition coefficient (Wildman–Crippen LogP) is -1.78. The smallest absolute Gasteiger partial charge is 0.326 e. The van der Waals surface area contributed by atoms with Crippen LogP contribution in [0, 0.1) is 0 Å². The zero-order chi connectivity index (χ0) is 18.6. The number of amides is 2. The molecule has 0 spiro atoms. The summed E-state index contributed by atoms with van der Waals surface area (Å²) in [6, 6.07) is -3.09. The van der Waals surface area contributed by atoms with Crippen LogP contribution in [0.25, 0.3) is 0 Å². The van der Waals surface area contributed by atoms with Crippen molar-refractivity contribution in [3.05, 3.63) is 18.2 Å². The van der Waals surface area contributed by atoms with Crippen LogP contribution in [0.15, 0.2) is 12.5 Å². The topological polar surface area (TPSA) is 162 Å². The van der Waals surface area contributed by atoms with Crippen LogP contribution in [0.1, 0.15) is 25.5 Å². The Hall–Kier alpha value is -2.46. The van der Waals surface area contributed by atoms with Gasteiger partial charge in [-0.3, -0.25) is 9.59 Å². The molecule has 2 amide bonds. The average Bonchev–Trinajstić information content (AvgIpc) is 3.23. The number of carboxylic acids is 1. The molecule has 4 unspecified atom stereocenters. The zero-order valence-corrected chi connectivity index (χ0v) is 13.9. The maximum absolute atomic E-state index is 12.8. The number of rotatable bonds is 7. The molecule has 10 nitrogen and oxygen atoms in total. The van der Waals surface area contributed by atoms with E-state index in [1.54, 1.807) is 0 Å². The number of aliphatic carboxylic acids is 1. The first-order chi connectivity index (χ1) is 11.8. The summed E-state index contributed by atoms with van der Waals surface area (Å²) >= 11 is 0. The number of likely N-dealkylation sites (tertiary alicyclic amines) is 1. The number of aliphatic hydroxyl groups excluding tert-OH is 1. The van der Waals surface area contributed by atoms with E-state index in [1.807, 2.05) is 0 Å². The Morgan fingerprint density at radius 2 is 2.24 bits per heavy atom. The lowest BCUT2D eigenvalue weighted by Crippen LogP contribution is -2.57. The summed E-state index contributed by atoms with van der Waals surface area (Å²) in [5.74, 6) is -2.25. The number of aromatic nitrogens is 2. The Kier molecular flexibility index (Phi) is 6.10. The molecule has 1 saturated heterocycles. The van der Waals surface area contributed by atoms with Crippen LogP contribution < -0.4 is 11.1 Å². The highest BCUT2D eigenvalue weighted by atomic mass is 16.4. The predicted molar refractivity (Wildman–Crippen MR) is 86.2 cm³/mol. The molecule has 6 N–H and O–H groups in total. The number of carboxylic acid groups (broad SMARTS) is 1. The molecular weight excluding hydrogens is 330 g/mol. The quantitative estimate of drug-likeness (QED) is 0.387. The molecule has 1 aliphatic rings. The zero-order valence-electron chi connectivity index (χ0n) is 13.9. The molecule has 0 radical (unpaired) electrons. The van der Waals surface area contributed by atoms with Gasteiger partial charge in [0.1, 0.15) is 18.1 Å². The van der Waals surface area contributed by atoms with E-state index in [-0.39, 0.29) is 6.42 Å². The van der Waals surface area contributed by atoms with Crippen molar-refractivity contribution in [2.45, 2.75) is 50.4 Å². The van der Waals surface area contributed by atoms with Crippen LogP contribution in [-0.4, -0.2) is 73.6 Å². The van der Waals surface area contributed by atoms with Crippen LogP contribution in [0.3, 0.4) is 0 Å². The number of carbonyl (C=O) groups excluding carboxylic acids is 2. The third-order valence-electron chi connectivity index (χ3n) is 4.24. The number of aromatic amines is 1. The van der Waals surface area contributed by atoms with Gasteiger partial charge in [-0.2, -0.15) is 0 Å². The monoisotopic (exact) mass is 353 g/mol. The van der Waals surface area contributed by atoms with E-state index in [0.29, 0.717) is 25.1 Å². The summed E-state index contributed by atoms with van der Waals surface area (Å²) in [6.07, 6.45) is 2.94. The van der Waals surface area contributed by atoms with Crippen molar-refractivity contribution < 1.29 is 24.6 Å². The fourth-order valence-corrected chi connectivity index (χ4v) is 2.79. The van der Waals surface area contributed by atoms with Crippen molar-refractivity contribution >= 4 is 17.8 Å². The molecule has 0 saturated carbocycles. The molecule has 1 fully saturated rings. The van der Waals surface area contributed by atoms with E-state index in [0.717, 1.165) is 0 Å². The summed E-state index contributed by atoms with van der Waals surface area (Å²) in [6.45, 7) is 1.69. The van der Waals surface area contributed by atoms with Gasteiger partial charge in [-0.05, 0) is 19.8 Å². The Bertz CT molecular complexity index is 618. The molecule has 138 valence electrons. The maximum Gasteiger partial charge on any atom is 0.326 e. The molecule has 25 heavy (non-hydrogen) atoms. The summed E-state index contributed by atoms with van der Waals surface area (Å²) < 4.78 is 0. The minimum absolute atomic E-state index is 0.111. The number of aliphatic hydroxyl groups is 1. The molecular formula is C15H23N5O5. The van der Waals surface area contributed by atoms with Crippen LogP contribution in [0.2, 0.25) is 0 Å². The highest BCUT2D eigenvalue weighted by Gasteiger charge is 2.38. The minimum atomic E-state index is -1.19. The number of hydrogen-bond acceptors (Lipinski definition) is 6. The van der Waals surface area contributed by atoms with Gasteiger partial charge < -0.3 is 31.1 Å². The number of hydrogen-bond donors (Lipinski definition) is 5. The lowest BCUT2D eigenvalue weighted by Gasteiger charge is -2.28. The molecule has 0 aromatic carbocycles. The maximum atomic E-state index is 12.8. The molecule has 1 aromatic heterocycles. The third-order valence-corrected chi connectivity index (χ3v) is 4.24. The molecule has 1 aromatic rings. The molecule has 2 rings (SSSR count). The number of nitrogens with zero attached hydrogens (tertiary/aromatic N) is 2. The minimum Gasteiger partial charge on any atom is -0.480 e. The van der Waals surface area contributed by atoms with Gasteiger partial charge in [-0.1, -0.05) is 0 Å². The van der Waals surface area contributed by atoms with Gasteiger partial charge in [-0.15, -0.1) is 0 Å². The van der Waals surface area contributed by atoms with E-state index in [4.69, 9.17) is 5.73 Å². The number of nitrogens with two attached hydrogens (primary N) is 1. The van der Waals surface area contributed by atoms with Crippen LogP contribution >= 0.6 is 0 Å². The molecule has 4 atom stereocenters. The standard InChI is InChI=1S/C15H23N5O5/c1-8(21)12(16)13(22)19-10(5-9-6-17-7-18-9)14(23)20-4-2-3-11(20)15(24)25/h6-8,10-12,21H,2-5,16H2,1H3,(H,17,18)(H,19,22)(H,24,25). The fraction of sp³-hybridized carbons (Fsp3) is 0.600. The number of carbonyl (C=O) groups is 3. The molecule has 2 heterocycles. The number of nitrogens with one attached hydrogen (secondary N) is 2. The molecule has 10 heteroatoms. The summed E-state index contributed by atoms with van der Waals surface area (Å²) in [7, 11) is 0. The van der Waals surface area contributed by atoms with Gasteiger partial charge in [0.2, 0.25) is 11.8 Å². The van der Waals surface area contributed by atoms with E-state index in [2.05, 4.69) is 15.3 Å². The summed E-state index contributed by atoms with van der Waals surface area (Å²) in [5.41, 5.74) is 6.22. The van der Waals surface area contributed by atoms with E-state index < -0.39 is 42.0 Å². The van der Waals surface area contributed by atoms with Gasteiger partial charge >= 0.3 is 5.97 Å². The van der Waals surface area contributed by atoms with E-state index in [9.17, 15) is 24.6 Å². The molecule has 0 bridgehead atoms. The van der Waals surface area contributed by atoms with Gasteiger partial charge in [-0.25, -0.2) is 9.78 Å². The largest absolute Gasteiger partial charge is 0.480 e. The summed E-state index contributed by atoms with van der Waals surface area (Å²) in [4.78, 5) is 44.3.